The van der Waals surface area contributed by atoms with Gasteiger partial charge in [0.15, 0.2) is 12.4 Å². The van der Waals surface area contributed by atoms with Gasteiger partial charge in [0.25, 0.3) is 0 Å². The summed E-state index contributed by atoms with van der Waals surface area (Å²) in [6, 6.07) is 9.05. The van der Waals surface area contributed by atoms with Gasteiger partial charge in [0.05, 0.1) is 4.90 Å². The lowest BCUT2D eigenvalue weighted by Gasteiger charge is -2.14. The third kappa shape index (κ3) is 4.64. The number of hydrogen-bond acceptors (Lipinski definition) is 4. The Labute approximate surface area is 119 Å². The van der Waals surface area contributed by atoms with Crippen molar-refractivity contribution in [3.05, 3.63) is 59.4 Å². The zero-order valence-electron chi connectivity index (χ0n) is 11.7. The third-order valence-electron chi connectivity index (χ3n) is 2.59. The lowest BCUT2D eigenvalue weighted by Crippen LogP contribution is -2.42. The molecule has 1 aromatic heterocycles. The molecule has 6 heteroatoms. The largest absolute Gasteiger partial charge is 0.744 e. The van der Waals surface area contributed by atoms with E-state index in [9.17, 15) is 13.0 Å². The Kier molecular flexibility index (Phi) is 5.24. The summed E-state index contributed by atoms with van der Waals surface area (Å²) in [6.45, 7) is 5.12. The summed E-state index contributed by atoms with van der Waals surface area (Å²) >= 11 is 0. The molecule has 0 spiro atoms. The van der Waals surface area contributed by atoms with Crippen LogP contribution in [0.3, 0.4) is 0 Å². The fraction of sp³-hybridized carbons (Fsp3) is 0.214. The predicted molar refractivity (Wildman–Crippen MR) is 75.4 cm³/mol. The molecule has 0 fully saturated rings. The highest BCUT2D eigenvalue weighted by molar-refractivity contribution is 7.85. The van der Waals surface area contributed by atoms with E-state index in [-0.39, 0.29) is 4.90 Å². The zero-order chi connectivity index (χ0) is 15.3. The smallest absolute Gasteiger partial charge is 0.199 e. The first-order chi connectivity index (χ1) is 9.21. The van der Waals surface area contributed by atoms with Gasteiger partial charge in [-0.25, -0.2) is 14.3 Å². The molecule has 0 aliphatic heterocycles. The number of nitrogens with two attached hydrogens (primary N) is 1. The molecular weight excluding hydrogens is 276 g/mol. The molecule has 2 rings (SSSR count). The second-order valence-corrected chi connectivity index (χ2v) is 5.82. The van der Waals surface area contributed by atoms with Gasteiger partial charge in [0.1, 0.15) is 10.1 Å². The number of aryl methyl sites for hydroxylation is 3. The van der Waals surface area contributed by atoms with E-state index in [1.807, 2.05) is 25.1 Å². The van der Waals surface area contributed by atoms with Gasteiger partial charge in [-0.2, -0.15) is 0 Å². The van der Waals surface area contributed by atoms with Gasteiger partial charge < -0.3 is 4.55 Å². The van der Waals surface area contributed by atoms with Crippen molar-refractivity contribution in [2.24, 2.45) is 0 Å². The molecule has 0 amide bonds. The highest BCUT2D eigenvalue weighted by Crippen LogP contribution is 2.20. The van der Waals surface area contributed by atoms with Crippen molar-refractivity contribution in [1.82, 2.24) is 0 Å². The molecule has 108 valence electrons. The van der Waals surface area contributed by atoms with Crippen LogP contribution in [0, 0.1) is 20.8 Å². The SMILES string of the molecule is Cc1cc(C)c(S(=O)(=O)[O-])c(C)c1.N[n+]1ccccc1. The van der Waals surface area contributed by atoms with Gasteiger partial charge >= 0.3 is 0 Å². The predicted octanol–water partition coefficient (Wildman–Crippen LogP) is 1.20. The first-order valence-corrected chi connectivity index (χ1v) is 7.38. The number of nitrogens with zero attached hydrogens (tertiary/aromatic N) is 1. The lowest BCUT2D eigenvalue weighted by molar-refractivity contribution is -0.638. The van der Waals surface area contributed by atoms with Crippen molar-refractivity contribution in [2.45, 2.75) is 25.7 Å². The fourth-order valence-electron chi connectivity index (χ4n) is 1.97. The Morgan fingerprint density at radius 1 is 1.00 bits per heavy atom. The third-order valence-corrected chi connectivity index (χ3v) is 3.74. The highest BCUT2D eigenvalue weighted by atomic mass is 32.2. The minimum atomic E-state index is -4.33. The zero-order valence-corrected chi connectivity index (χ0v) is 12.5. The van der Waals surface area contributed by atoms with E-state index in [2.05, 4.69) is 0 Å². The number of nitrogen functional groups attached to an aromatic ring is 1. The van der Waals surface area contributed by atoms with Crippen LogP contribution in [0.1, 0.15) is 16.7 Å². The van der Waals surface area contributed by atoms with E-state index in [0.29, 0.717) is 11.1 Å². The summed E-state index contributed by atoms with van der Waals surface area (Å²) in [6.07, 6.45) is 3.56. The molecule has 0 radical (unpaired) electrons. The summed E-state index contributed by atoms with van der Waals surface area (Å²) in [7, 11) is -4.33. The summed E-state index contributed by atoms with van der Waals surface area (Å²) in [4.78, 5) is -0.0851. The highest BCUT2D eigenvalue weighted by Gasteiger charge is 2.09. The summed E-state index contributed by atoms with van der Waals surface area (Å²) < 4.78 is 34.0. The number of pyridine rings is 1. The quantitative estimate of drug-likeness (QED) is 0.486. The fourth-order valence-corrected chi connectivity index (χ4v) is 2.88. The Hall–Kier alpha value is -1.92. The maximum atomic E-state index is 10.8. The molecule has 2 aromatic rings. The van der Waals surface area contributed by atoms with Crippen molar-refractivity contribution in [3.63, 3.8) is 0 Å². The van der Waals surface area contributed by atoms with E-state index < -0.39 is 10.1 Å². The number of benzene rings is 1. The molecular formula is C14H18N2O3S. The molecule has 0 saturated carbocycles. The van der Waals surface area contributed by atoms with Crippen LogP contribution in [0.5, 0.6) is 0 Å². The first kappa shape index (κ1) is 16.1. The van der Waals surface area contributed by atoms with Crippen molar-refractivity contribution < 1.29 is 17.6 Å². The first-order valence-electron chi connectivity index (χ1n) is 5.97. The van der Waals surface area contributed by atoms with Gasteiger partial charge in [-0.3, -0.25) is 0 Å². The van der Waals surface area contributed by atoms with Crippen molar-refractivity contribution in [1.29, 1.82) is 0 Å². The van der Waals surface area contributed by atoms with E-state index in [1.165, 1.54) is 4.68 Å². The topological polar surface area (TPSA) is 87.1 Å². The molecule has 1 heterocycles. The van der Waals surface area contributed by atoms with E-state index in [0.717, 1.165) is 5.56 Å². The average molecular weight is 294 g/mol. The minimum Gasteiger partial charge on any atom is -0.744 e. The molecule has 0 aliphatic rings. The Morgan fingerprint density at radius 3 is 1.75 bits per heavy atom. The second kappa shape index (κ2) is 6.49. The monoisotopic (exact) mass is 294 g/mol. The van der Waals surface area contributed by atoms with Crippen LogP contribution in [0.15, 0.2) is 47.6 Å². The number of aromatic nitrogens is 1. The van der Waals surface area contributed by atoms with Gasteiger partial charge in [0, 0.05) is 12.1 Å². The lowest BCUT2D eigenvalue weighted by atomic mass is 10.1. The Bertz CT molecular complexity index is 660. The van der Waals surface area contributed by atoms with Crippen LogP contribution in [-0.2, 0) is 10.1 Å². The molecule has 0 aliphatic carbocycles. The molecule has 20 heavy (non-hydrogen) atoms. The minimum absolute atomic E-state index is 0.0851. The molecule has 0 saturated heterocycles. The van der Waals surface area contributed by atoms with Crippen LogP contribution < -0.4 is 10.5 Å². The molecule has 0 unspecified atom stereocenters. The molecule has 1 aromatic carbocycles. The van der Waals surface area contributed by atoms with Crippen LogP contribution in [0.2, 0.25) is 0 Å². The summed E-state index contributed by atoms with van der Waals surface area (Å²) in [5, 5.41) is 0. The molecule has 2 N–H and O–H groups in total. The summed E-state index contributed by atoms with van der Waals surface area (Å²) in [5.74, 6) is 5.27. The van der Waals surface area contributed by atoms with Gasteiger partial charge in [-0.15, -0.1) is 0 Å². The van der Waals surface area contributed by atoms with Crippen LogP contribution in [0.4, 0.5) is 0 Å². The molecule has 5 nitrogen and oxygen atoms in total. The standard InChI is InChI=1S/C9H12O3S.C5H7N2/c1-6-4-7(2)9(8(3)5-6)13(10,11)12;6-7-4-2-1-3-5-7/h4-5H,1-3H3,(H,10,11,12);1-5H,6H2/q;+1/p-1. The van der Waals surface area contributed by atoms with E-state index >= 15 is 0 Å². The van der Waals surface area contributed by atoms with Gasteiger partial charge in [-0.1, -0.05) is 28.4 Å². The van der Waals surface area contributed by atoms with Crippen molar-refractivity contribution in [3.8, 4) is 0 Å². The summed E-state index contributed by atoms with van der Waals surface area (Å²) in [5.41, 5.74) is 2.00. The molecule has 0 bridgehead atoms. The second-order valence-electron chi connectivity index (χ2n) is 4.50. The van der Waals surface area contributed by atoms with Crippen molar-refractivity contribution >= 4 is 10.1 Å². The number of hydrogen-bond donors (Lipinski definition) is 1. The van der Waals surface area contributed by atoms with E-state index in [1.54, 1.807) is 38.4 Å². The normalized spacial score (nSPS) is 10.6. The van der Waals surface area contributed by atoms with Crippen molar-refractivity contribution in [2.75, 3.05) is 5.84 Å². The van der Waals surface area contributed by atoms with Crippen LogP contribution in [0.25, 0.3) is 0 Å². The average Bonchev–Trinajstić information content (AvgIpc) is 2.27. The number of rotatable bonds is 1. The van der Waals surface area contributed by atoms with E-state index in [4.69, 9.17) is 5.84 Å². The van der Waals surface area contributed by atoms with Crippen LogP contribution in [-0.4, -0.2) is 13.0 Å². The van der Waals surface area contributed by atoms with Crippen LogP contribution >= 0.6 is 0 Å². The Morgan fingerprint density at radius 2 is 1.45 bits per heavy atom. The Balaban J connectivity index is 0.000000240. The van der Waals surface area contributed by atoms with Gasteiger partial charge in [0.2, 0.25) is 0 Å². The maximum absolute atomic E-state index is 10.8. The van der Waals surface area contributed by atoms with Gasteiger partial charge in [-0.05, 0) is 31.9 Å². The molecule has 0 atom stereocenters. The maximum Gasteiger partial charge on any atom is 0.199 e.